The summed E-state index contributed by atoms with van der Waals surface area (Å²) in [5.41, 5.74) is 1.60. The van der Waals surface area contributed by atoms with E-state index in [2.05, 4.69) is 31.5 Å². The zero-order chi connectivity index (χ0) is 18.1. The molecule has 2 aliphatic rings. The van der Waals surface area contributed by atoms with Gasteiger partial charge in [0.2, 0.25) is 0 Å². The summed E-state index contributed by atoms with van der Waals surface area (Å²) in [5, 5.41) is 7.29. The normalized spacial score (nSPS) is 18.2. The highest BCUT2D eigenvalue weighted by Crippen LogP contribution is 2.36. The Hall–Kier alpha value is -1.50. The highest BCUT2D eigenvalue weighted by Gasteiger charge is 2.28. The van der Waals surface area contributed by atoms with E-state index in [9.17, 15) is 4.79 Å². The van der Waals surface area contributed by atoms with E-state index in [1.54, 1.807) is 12.1 Å². The molecule has 1 aromatic carbocycles. The van der Waals surface area contributed by atoms with Crippen LogP contribution in [0.1, 0.15) is 36.2 Å². The van der Waals surface area contributed by atoms with Crippen LogP contribution in [0, 0.1) is 0 Å². The van der Waals surface area contributed by atoms with Crippen LogP contribution in [0.5, 0.6) is 0 Å². The number of amides is 1. The topological polar surface area (TPSA) is 57.5 Å². The van der Waals surface area contributed by atoms with Crippen molar-refractivity contribution in [2.45, 2.75) is 37.8 Å². The van der Waals surface area contributed by atoms with Crippen LogP contribution < -0.4 is 15.5 Å². The molecule has 5 nitrogen and oxygen atoms in total. The van der Waals surface area contributed by atoms with Crippen molar-refractivity contribution >= 4 is 44.8 Å². The van der Waals surface area contributed by atoms with Gasteiger partial charge in [-0.05, 0) is 65.9 Å². The molecule has 2 aromatic rings. The summed E-state index contributed by atoms with van der Waals surface area (Å²) in [6.45, 7) is 1.84. The molecule has 138 valence electrons. The van der Waals surface area contributed by atoms with Crippen LogP contribution in [0.25, 0.3) is 0 Å². The van der Waals surface area contributed by atoms with Crippen LogP contribution in [-0.2, 0) is 0 Å². The zero-order valence-corrected chi connectivity index (χ0v) is 16.6. The Morgan fingerprint density at radius 2 is 1.85 bits per heavy atom. The van der Waals surface area contributed by atoms with E-state index in [0.29, 0.717) is 21.4 Å². The van der Waals surface area contributed by atoms with Gasteiger partial charge >= 0.3 is 0 Å². The van der Waals surface area contributed by atoms with Crippen molar-refractivity contribution in [2.75, 3.05) is 23.3 Å². The van der Waals surface area contributed by atoms with Gasteiger partial charge in [0, 0.05) is 25.2 Å². The van der Waals surface area contributed by atoms with Crippen molar-refractivity contribution in [3.8, 4) is 0 Å². The standard InChI is InChI=1S/C19H21BrClN3O2/c20-17-7-6-16(26-17)19(25)23-15-3-1-2-14(21)18(15)24-10-8-13(9-11-24)22-12-4-5-12/h1-3,6-7,12-13,22H,4-5,8-11H2,(H,23,25). The molecule has 1 amide bonds. The number of carbonyl (C=O) groups excluding carboxylic acids is 1. The molecule has 1 aliphatic heterocycles. The lowest BCUT2D eigenvalue weighted by atomic mass is 10.0. The summed E-state index contributed by atoms with van der Waals surface area (Å²) in [7, 11) is 0. The highest BCUT2D eigenvalue weighted by atomic mass is 79.9. The second-order valence-corrected chi connectivity index (χ2v) is 8.08. The third-order valence-electron chi connectivity index (χ3n) is 4.89. The van der Waals surface area contributed by atoms with Crippen LogP contribution in [-0.4, -0.2) is 31.1 Å². The van der Waals surface area contributed by atoms with Gasteiger partial charge in [-0.3, -0.25) is 4.79 Å². The number of hydrogen-bond acceptors (Lipinski definition) is 4. The molecule has 7 heteroatoms. The minimum absolute atomic E-state index is 0.259. The van der Waals surface area contributed by atoms with E-state index in [1.807, 2.05) is 18.2 Å². The molecular formula is C19H21BrClN3O2. The van der Waals surface area contributed by atoms with Crippen molar-refractivity contribution in [3.05, 3.63) is 45.8 Å². The van der Waals surface area contributed by atoms with E-state index in [4.69, 9.17) is 16.0 Å². The predicted molar refractivity (Wildman–Crippen MR) is 107 cm³/mol. The number of halogens is 2. The molecule has 0 unspecified atom stereocenters. The second kappa shape index (κ2) is 7.62. The molecule has 0 radical (unpaired) electrons. The molecule has 4 rings (SSSR count). The highest BCUT2D eigenvalue weighted by molar-refractivity contribution is 9.10. The summed E-state index contributed by atoms with van der Waals surface area (Å²) < 4.78 is 5.87. The molecule has 2 heterocycles. The van der Waals surface area contributed by atoms with Crippen LogP contribution in [0.2, 0.25) is 5.02 Å². The Bertz CT molecular complexity index is 798. The maximum absolute atomic E-state index is 12.5. The summed E-state index contributed by atoms with van der Waals surface area (Å²) in [6, 6.07) is 10.2. The van der Waals surface area contributed by atoms with Crippen LogP contribution in [0.15, 0.2) is 39.4 Å². The number of para-hydroxylation sites is 1. The number of piperidine rings is 1. The Kier molecular flexibility index (Phi) is 5.25. The van der Waals surface area contributed by atoms with E-state index < -0.39 is 0 Å². The third-order valence-corrected chi connectivity index (χ3v) is 5.62. The van der Waals surface area contributed by atoms with Gasteiger partial charge in [-0.25, -0.2) is 0 Å². The number of nitrogens with zero attached hydrogens (tertiary/aromatic N) is 1. The molecule has 0 bridgehead atoms. The number of anilines is 2. The zero-order valence-electron chi connectivity index (χ0n) is 14.3. The van der Waals surface area contributed by atoms with Crippen molar-refractivity contribution in [1.29, 1.82) is 0 Å². The van der Waals surface area contributed by atoms with Gasteiger partial charge in [-0.2, -0.15) is 0 Å². The Morgan fingerprint density at radius 3 is 2.50 bits per heavy atom. The third kappa shape index (κ3) is 4.08. The molecule has 1 aromatic heterocycles. The lowest BCUT2D eigenvalue weighted by Crippen LogP contribution is -2.43. The van der Waals surface area contributed by atoms with Crippen molar-refractivity contribution in [1.82, 2.24) is 5.32 Å². The lowest BCUT2D eigenvalue weighted by Gasteiger charge is -2.35. The fourth-order valence-electron chi connectivity index (χ4n) is 3.41. The first-order chi connectivity index (χ1) is 12.6. The van der Waals surface area contributed by atoms with Gasteiger partial charge < -0.3 is 20.0 Å². The molecule has 26 heavy (non-hydrogen) atoms. The second-order valence-electron chi connectivity index (χ2n) is 6.90. The van der Waals surface area contributed by atoms with Gasteiger partial charge in [0.1, 0.15) is 0 Å². The smallest absolute Gasteiger partial charge is 0.291 e. The number of furan rings is 1. The van der Waals surface area contributed by atoms with E-state index in [-0.39, 0.29) is 11.7 Å². The maximum atomic E-state index is 12.5. The van der Waals surface area contributed by atoms with E-state index in [1.165, 1.54) is 12.8 Å². The maximum Gasteiger partial charge on any atom is 0.291 e. The average molecular weight is 439 g/mol. The summed E-state index contributed by atoms with van der Waals surface area (Å²) in [4.78, 5) is 14.7. The van der Waals surface area contributed by atoms with Crippen LogP contribution in [0.3, 0.4) is 0 Å². The summed E-state index contributed by atoms with van der Waals surface area (Å²) in [6.07, 6.45) is 4.79. The molecule has 2 fully saturated rings. The average Bonchev–Trinajstić information content (AvgIpc) is 3.33. The quantitative estimate of drug-likeness (QED) is 0.712. The van der Waals surface area contributed by atoms with Crippen molar-refractivity contribution in [2.24, 2.45) is 0 Å². The van der Waals surface area contributed by atoms with Gasteiger partial charge in [-0.1, -0.05) is 17.7 Å². The number of rotatable bonds is 5. The van der Waals surface area contributed by atoms with Gasteiger partial charge in [0.15, 0.2) is 10.4 Å². The van der Waals surface area contributed by atoms with E-state index in [0.717, 1.165) is 37.7 Å². The number of carbonyl (C=O) groups is 1. The van der Waals surface area contributed by atoms with Crippen LogP contribution >= 0.6 is 27.5 Å². The van der Waals surface area contributed by atoms with Crippen molar-refractivity contribution in [3.63, 3.8) is 0 Å². The molecule has 1 aliphatic carbocycles. The minimum Gasteiger partial charge on any atom is -0.444 e. The summed E-state index contributed by atoms with van der Waals surface area (Å²) in [5.74, 6) is -0.0281. The largest absolute Gasteiger partial charge is 0.444 e. The molecule has 2 N–H and O–H groups in total. The fraction of sp³-hybridized carbons (Fsp3) is 0.421. The predicted octanol–water partition coefficient (Wildman–Crippen LogP) is 4.67. The fourth-order valence-corrected chi connectivity index (χ4v) is 4.01. The molecule has 0 atom stereocenters. The first-order valence-electron chi connectivity index (χ1n) is 8.96. The number of hydrogen-bond donors (Lipinski definition) is 2. The Morgan fingerprint density at radius 1 is 1.12 bits per heavy atom. The Labute approximate surface area is 166 Å². The molecule has 1 saturated carbocycles. The number of nitrogens with one attached hydrogen (secondary N) is 2. The first kappa shape index (κ1) is 17.9. The summed E-state index contributed by atoms with van der Waals surface area (Å²) >= 11 is 9.71. The number of benzene rings is 1. The molecule has 0 spiro atoms. The lowest BCUT2D eigenvalue weighted by molar-refractivity contribution is 0.0995. The van der Waals surface area contributed by atoms with Gasteiger partial charge in [0.05, 0.1) is 16.4 Å². The minimum atomic E-state index is -0.287. The van der Waals surface area contributed by atoms with Gasteiger partial charge in [0.25, 0.3) is 5.91 Å². The first-order valence-corrected chi connectivity index (χ1v) is 10.1. The monoisotopic (exact) mass is 437 g/mol. The van der Waals surface area contributed by atoms with Crippen molar-refractivity contribution < 1.29 is 9.21 Å². The van der Waals surface area contributed by atoms with E-state index >= 15 is 0 Å². The Balaban J connectivity index is 1.48. The SMILES string of the molecule is O=C(Nc1cccc(Cl)c1N1CCC(NC2CC2)CC1)c1ccc(Br)o1. The molecule has 1 saturated heterocycles. The molecular weight excluding hydrogens is 418 g/mol. The van der Waals surface area contributed by atoms with Crippen LogP contribution in [0.4, 0.5) is 11.4 Å². The van der Waals surface area contributed by atoms with Gasteiger partial charge in [-0.15, -0.1) is 0 Å².